The van der Waals surface area contributed by atoms with Crippen LogP contribution in [0, 0.1) is 123 Å². The molecule has 0 aliphatic heterocycles. The summed E-state index contributed by atoms with van der Waals surface area (Å²) in [5, 5.41) is 0. The molecule has 0 N–H and O–H groups in total. The van der Waals surface area contributed by atoms with Gasteiger partial charge in [0.05, 0.1) is 0 Å². The molecule has 0 bridgehead atoms. The molecule has 16 aliphatic carbocycles. The van der Waals surface area contributed by atoms with Crippen LogP contribution in [0.5, 0.6) is 0 Å². The maximum Gasteiger partial charge on any atom is -0.0297 e. The van der Waals surface area contributed by atoms with E-state index in [2.05, 4.69) is 166 Å². The summed E-state index contributed by atoms with van der Waals surface area (Å²) in [5.41, 5.74) is 2.79. The summed E-state index contributed by atoms with van der Waals surface area (Å²) in [6.07, 6.45) is 92.7. The number of hydrogen-bond acceptors (Lipinski definition) is 0. The van der Waals surface area contributed by atoms with Crippen molar-refractivity contribution in [2.75, 3.05) is 0 Å². The second-order valence-electron chi connectivity index (χ2n) is 44.6. The standard InChI is InChI=1S/4C10H18.C9H16.3C8H14.8C4H10/c4*1-2-6-10-8-4-3-7-9(10)5-1;1-2-5-9-7-3-6-8(9)4-1;3*1-2-4-8(5-3-1)6-7-8;8*1-4(2)3/h4*9-10H,1-8H2;8-9H,1-7H2;3*1-7H2;8*4H,1-3H3. The molecule has 16 fully saturated rings. The third-order valence-corrected chi connectivity index (χ3v) is 25.7. The van der Waals surface area contributed by atoms with Crippen LogP contribution >= 0.6 is 0 Å². The first-order valence-corrected chi connectivity index (χ1v) is 49.9. The zero-order chi connectivity index (χ0) is 78.3. The number of rotatable bonds is 0. The lowest BCUT2D eigenvalue weighted by molar-refractivity contribution is 0.171. The molecule has 0 aromatic carbocycles. The molecular formula is C105H210. The maximum absolute atomic E-state index is 2.17. The van der Waals surface area contributed by atoms with Crippen molar-refractivity contribution >= 4 is 0 Å². The van der Waals surface area contributed by atoms with Gasteiger partial charge in [-0.2, -0.15) is 0 Å². The summed E-state index contributed by atoms with van der Waals surface area (Å²) in [7, 11) is 0. The van der Waals surface area contributed by atoms with Gasteiger partial charge >= 0.3 is 0 Å². The van der Waals surface area contributed by atoms with Crippen LogP contribution in [0.4, 0.5) is 0 Å². The van der Waals surface area contributed by atoms with Crippen LogP contribution in [0.2, 0.25) is 0 Å². The largest absolute Gasteiger partial charge is 0.0630 e. The average Bonchev–Trinajstić information content (AvgIpc) is 1.67. The van der Waals surface area contributed by atoms with Crippen molar-refractivity contribution in [1.29, 1.82) is 0 Å². The molecule has 0 amide bonds. The van der Waals surface area contributed by atoms with Crippen LogP contribution in [-0.2, 0) is 0 Å². The Kier molecular flexibility index (Phi) is 62.1. The van der Waals surface area contributed by atoms with Crippen LogP contribution in [0.15, 0.2) is 0 Å². The molecule has 105 heavy (non-hydrogen) atoms. The lowest BCUT2D eigenvalue weighted by atomic mass is 9.71. The Labute approximate surface area is 670 Å². The minimum atomic E-state index is 0.833. The predicted molar refractivity (Wildman–Crippen MR) is 483 cm³/mol. The highest BCUT2D eigenvalue weighted by atomic mass is 14.5. The van der Waals surface area contributed by atoms with Crippen molar-refractivity contribution in [1.82, 2.24) is 0 Å². The molecule has 2 unspecified atom stereocenters. The summed E-state index contributed by atoms with van der Waals surface area (Å²) < 4.78 is 0. The van der Waals surface area contributed by atoms with Crippen molar-refractivity contribution in [3.63, 3.8) is 0 Å². The fraction of sp³-hybridized carbons (Fsp3) is 1.00. The Morgan fingerprint density at radius 1 is 0.114 bits per heavy atom. The minimum Gasteiger partial charge on any atom is -0.0630 e. The van der Waals surface area contributed by atoms with E-state index in [4.69, 9.17) is 0 Å². The summed E-state index contributed by atoms with van der Waals surface area (Å²) in [4.78, 5) is 0. The van der Waals surface area contributed by atoms with Crippen molar-refractivity contribution in [2.24, 2.45) is 123 Å². The van der Waals surface area contributed by atoms with Gasteiger partial charge in [0.25, 0.3) is 0 Å². The molecule has 16 rings (SSSR count). The zero-order valence-electron chi connectivity index (χ0n) is 78.3. The second-order valence-corrected chi connectivity index (χ2v) is 44.6. The first kappa shape index (κ1) is 103. The van der Waals surface area contributed by atoms with E-state index in [0.29, 0.717) is 0 Å². The minimum absolute atomic E-state index is 0.833. The highest BCUT2D eigenvalue weighted by molar-refractivity contribution is 4.96. The van der Waals surface area contributed by atoms with Gasteiger partial charge in [-0.25, -0.2) is 0 Å². The molecule has 0 aromatic rings. The Morgan fingerprint density at radius 3 is 0.276 bits per heavy atom. The smallest absolute Gasteiger partial charge is 0.0297 e. The average molecular weight is 1470 g/mol. The van der Waals surface area contributed by atoms with Crippen molar-refractivity contribution in [2.45, 2.75) is 551 Å². The SMILES string of the molecule is C1CCC2(CC1)CC2.C1CCC2(CC1)CC2.C1CCC2(CC1)CC2.C1CCC2CCCC2C1.C1CCC2CCCCC2C1.C1CCC2CCCCC2C1.C1CCC2CCCCC2C1.C1CCC2CCCCC2C1.CC(C)C.CC(C)C.CC(C)C.CC(C)C.CC(C)C.CC(C)C.CC(C)C.CC(C)C. The molecular weight excluding hydrogens is 1260 g/mol. The molecule has 0 aromatic heterocycles. The van der Waals surface area contributed by atoms with E-state index in [-0.39, 0.29) is 0 Å². The molecule has 630 valence electrons. The van der Waals surface area contributed by atoms with E-state index in [1.807, 2.05) is 0 Å². The van der Waals surface area contributed by atoms with Gasteiger partial charge in [-0.3, -0.25) is 0 Å². The van der Waals surface area contributed by atoms with Crippen molar-refractivity contribution in [3.05, 3.63) is 0 Å². The van der Waals surface area contributed by atoms with Crippen LogP contribution in [0.3, 0.4) is 0 Å². The maximum atomic E-state index is 2.17. The molecule has 0 nitrogen and oxygen atoms in total. The van der Waals surface area contributed by atoms with Gasteiger partial charge in [-0.05, 0) is 200 Å². The van der Waals surface area contributed by atoms with Crippen LogP contribution in [0.1, 0.15) is 551 Å². The van der Waals surface area contributed by atoms with Gasteiger partial charge in [0, 0.05) is 0 Å². The summed E-state index contributed by atoms with van der Waals surface area (Å²) >= 11 is 0. The number of hydrogen-bond donors (Lipinski definition) is 0. The van der Waals surface area contributed by atoms with Gasteiger partial charge in [-0.1, -0.05) is 474 Å². The lowest BCUT2D eigenvalue weighted by Crippen LogP contribution is -2.22. The molecule has 16 saturated carbocycles. The molecule has 0 saturated heterocycles. The third kappa shape index (κ3) is 60.3. The molecule has 0 heterocycles. The molecule has 2 atom stereocenters. The van der Waals surface area contributed by atoms with E-state index < -0.39 is 0 Å². The van der Waals surface area contributed by atoms with E-state index >= 15 is 0 Å². The first-order valence-electron chi connectivity index (χ1n) is 49.9. The topological polar surface area (TPSA) is 0 Å². The normalized spacial score (nSPS) is 29.5. The summed E-state index contributed by atoms with van der Waals surface area (Å²) in [5.74, 6) is 18.2. The summed E-state index contributed by atoms with van der Waals surface area (Å²) in [6, 6.07) is 0. The fourth-order valence-corrected chi connectivity index (χ4v) is 20.1. The Bertz CT molecular complexity index is 1420. The highest BCUT2D eigenvalue weighted by Gasteiger charge is 2.44. The number of fused-ring (bicyclic) bond motifs is 5. The fourth-order valence-electron chi connectivity index (χ4n) is 20.1. The molecule has 0 heteroatoms. The monoisotopic (exact) mass is 1470 g/mol. The zero-order valence-corrected chi connectivity index (χ0v) is 78.3. The van der Waals surface area contributed by atoms with Gasteiger partial charge in [0.2, 0.25) is 0 Å². The van der Waals surface area contributed by atoms with E-state index in [1.165, 1.54) is 192 Å². The van der Waals surface area contributed by atoms with Crippen LogP contribution in [-0.4, -0.2) is 0 Å². The Balaban J connectivity index is 0.000000569. The predicted octanol–water partition coefficient (Wildman–Crippen LogP) is 37.9. The van der Waals surface area contributed by atoms with E-state index in [9.17, 15) is 0 Å². The van der Waals surface area contributed by atoms with Gasteiger partial charge in [0.15, 0.2) is 0 Å². The summed E-state index contributed by atoms with van der Waals surface area (Å²) in [6.45, 7) is 52.0. The quantitative estimate of drug-likeness (QED) is 0.227. The van der Waals surface area contributed by atoms with E-state index in [0.717, 1.165) is 111 Å². The van der Waals surface area contributed by atoms with Gasteiger partial charge in [0.1, 0.15) is 0 Å². The Hall–Kier alpha value is 0. The van der Waals surface area contributed by atoms with Crippen LogP contribution in [0.25, 0.3) is 0 Å². The van der Waals surface area contributed by atoms with Crippen LogP contribution < -0.4 is 0 Å². The van der Waals surface area contributed by atoms with Gasteiger partial charge in [-0.15, -0.1) is 0 Å². The Morgan fingerprint density at radius 2 is 0.200 bits per heavy atom. The van der Waals surface area contributed by atoms with Gasteiger partial charge < -0.3 is 0 Å². The lowest BCUT2D eigenvalue weighted by Gasteiger charge is -2.35. The second kappa shape index (κ2) is 63.3. The van der Waals surface area contributed by atoms with Crippen molar-refractivity contribution in [3.8, 4) is 0 Å². The third-order valence-electron chi connectivity index (χ3n) is 25.7. The molecule has 16 aliphatic rings. The highest BCUT2D eigenvalue weighted by Crippen LogP contribution is 2.58. The molecule has 0 radical (unpaired) electrons. The van der Waals surface area contributed by atoms with E-state index in [1.54, 1.807) is 205 Å². The first-order chi connectivity index (χ1) is 49.9. The molecule has 3 spiro atoms. The van der Waals surface area contributed by atoms with Crippen molar-refractivity contribution < 1.29 is 0 Å².